The second-order valence-corrected chi connectivity index (χ2v) is 7.85. The number of benzene rings is 3. The van der Waals surface area contributed by atoms with E-state index in [4.69, 9.17) is 11.6 Å². The summed E-state index contributed by atoms with van der Waals surface area (Å²) in [7, 11) is 0. The largest absolute Gasteiger partial charge is 0.355 e. The second-order valence-electron chi connectivity index (χ2n) is 7.44. The molecule has 0 spiro atoms. The first-order chi connectivity index (χ1) is 14.4. The Labute approximate surface area is 177 Å². The third-order valence-corrected chi connectivity index (χ3v) is 5.85. The SMILES string of the molecule is C=C1CCC(N2C(=O)c3c(Nc4ccc(Cl)c(F)c4)ccc4cccc2c34)C(=O)N1. The lowest BCUT2D eigenvalue weighted by Gasteiger charge is -2.31. The van der Waals surface area contributed by atoms with Gasteiger partial charge in [0.15, 0.2) is 0 Å². The summed E-state index contributed by atoms with van der Waals surface area (Å²) >= 11 is 5.77. The number of nitrogens with zero attached hydrogens (tertiary/aromatic N) is 1. The third-order valence-electron chi connectivity index (χ3n) is 5.55. The van der Waals surface area contributed by atoms with Crippen LogP contribution in [0.3, 0.4) is 0 Å². The number of amides is 2. The van der Waals surface area contributed by atoms with E-state index in [1.54, 1.807) is 17.0 Å². The molecule has 2 heterocycles. The molecule has 5 rings (SSSR count). The molecule has 0 aromatic heterocycles. The molecule has 3 aromatic carbocycles. The quantitative estimate of drug-likeness (QED) is 0.616. The summed E-state index contributed by atoms with van der Waals surface area (Å²) in [6.07, 6.45) is 1.12. The average Bonchev–Trinajstić information content (AvgIpc) is 3.01. The molecule has 150 valence electrons. The molecule has 2 aliphatic heterocycles. The number of hydrogen-bond donors (Lipinski definition) is 2. The van der Waals surface area contributed by atoms with E-state index < -0.39 is 11.9 Å². The van der Waals surface area contributed by atoms with Crippen molar-refractivity contribution in [1.82, 2.24) is 5.32 Å². The van der Waals surface area contributed by atoms with Crippen LogP contribution in [0.25, 0.3) is 10.8 Å². The molecule has 0 aliphatic carbocycles. The molecule has 30 heavy (non-hydrogen) atoms. The highest BCUT2D eigenvalue weighted by molar-refractivity contribution is 6.31. The molecule has 3 aromatic rings. The molecule has 1 unspecified atom stereocenters. The van der Waals surface area contributed by atoms with Crippen molar-refractivity contribution in [2.24, 2.45) is 0 Å². The molecule has 2 N–H and O–H groups in total. The van der Waals surface area contributed by atoms with Gasteiger partial charge in [0.05, 0.1) is 22.0 Å². The Morgan fingerprint density at radius 2 is 2.00 bits per heavy atom. The van der Waals surface area contributed by atoms with Crippen LogP contribution in [0.5, 0.6) is 0 Å². The summed E-state index contributed by atoms with van der Waals surface area (Å²) in [5.74, 6) is -1.04. The smallest absolute Gasteiger partial charge is 0.261 e. The number of carbonyl (C=O) groups is 2. The Hall–Kier alpha value is -3.38. The Morgan fingerprint density at radius 1 is 1.17 bits per heavy atom. The minimum atomic E-state index is -0.609. The molecule has 1 atom stereocenters. The van der Waals surface area contributed by atoms with Crippen LogP contribution in [0.1, 0.15) is 23.2 Å². The zero-order valence-electron chi connectivity index (χ0n) is 15.8. The van der Waals surface area contributed by atoms with Gasteiger partial charge in [0.2, 0.25) is 5.91 Å². The Kier molecular flexibility index (Phi) is 4.25. The second kappa shape index (κ2) is 6.85. The molecule has 5 nitrogen and oxygen atoms in total. The Bertz CT molecular complexity index is 1260. The third kappa shape index (κ3) is 2.83. The molecular weight excluding hydrogens is 405 g/mol. The van der Waals surface area contributed by atoms with Crippen molar-refractivity contribution >= 4 is 51.2 Å². The van der Waals surface area contributed by atoms with Crippen molar-refractivity contribution in [3.8, 4) is 0 Å². The summed E-state index contributed by atoms with van der Waals surface area (Å²) in [6.45, 7) is 3.81. The highest BCUT2D eigenvalue weighted by Crippen LogP contribution is 2.43. The van der Waals surface area contributed by atoms with Gasteiger partial charge in [0, 0.05) is 16.8 Å². The zero-order chi connectivity index (χ0) is 21.0. The number of piperidine rings is 1. The van der Waals surface area contributed by atoms with E-state index in [9.17, 15) is 14.0 Å². The Morgan fingerprint density at radius 3 is 2.77 bits per heavy atom. The predicted molar refractivity (Wildman–Crippen MR) is 116 cm³/mol. The van der Waals surface area contributed by atoms with Gasteiger partial charge < -0.3 is 10.6 Å². The predicted octanol–water partition coefficient (Wildman–Crippen LogP) is 5.13. The van der Waals surface area contributed by atoms with Crippen LogP contribution in [0.2, 0.25) is 5.02 Å². The maximum atomic E-state index is 13.9. The maximum Gasteiger partial charge on any atom is 0.261 e. The van der Waals surface area contributed by atoms with Crippen molar-refractivity contribution in [2.45, 2.75) is 18.9 Å². The molecule has 0 radical (unpaired) electrons. The van der Waals surface area contributed by atoms with Crippen LogP contribution in [0, 0.1) is 5.82 Å². The molecule has 7 heteroatoms. The topological polar surface area (TPSA) is 61.4 Å². The number of hydrogen-bond acceptors (Lipinski definition) is 3. The van der Waals surface area contributed by atoms with Crippen LogP contribution < -0.4 is 15.5 Å². The van der Waals surface area contributed by atoms with Gasteiger partial charge in [0.1, 0.15) is 11.9 Å². The summed E-state index contributed by atoms with van der Waals surface area (Å²) in [4.78, 5) is 27.7. The first-order valence-electron chi connectivity index (χ1n) is 9.54. The number of rotatable bonds is 3. The lowest BCUT2D eigenvalue weighted by molar-refractivity contribution is -0.122. The van der Waals surface area contributed by atoms with E-state index in [0.717, 1.165) is 10.8 Å². The van der Waals surface area contributed by atoms with Gasteiger partial charge >= 0.3 is 0 Å². The average molecular weight is 422 g/mol. The lowest BCUT2D eigenvalue weighted by atomic mass is 10.0. The zero-order valence-corrected chi connectivity index (χ0v) is 16.6. The number of nitrogens with one attached hydrogen (secondary N) is 2. The van der Waals surface area contributed by atoms with E-state index in [-0.39, 0.29) is 16.8 Å². The van der Waals surface area contributed by atoms with E-state index in [1.165, 1.54) is 12.1 Å². The molecule has 1 saturated heterocycles. The van der Waals surface area contributed by atoms with Crippen LogP contribution in [0.4, 0.5) is 21.5 Å². The lowest BCUT2D eigenvalue weighted by Crippen LogP contribution is -2.51. The van der Waals surface area contributed by atoms with Gasteiger partial charge in [-0.1, -0.05) is 36.4 Å². The van der Waals surface area contributed by atoms with Gasteiger partial charge in [-0.2, -0.15) is 0 Å². The standard InChI is InChI=1S/C23H17ClFN3O2/c1-12-5-10-19(22(29)26-12)28-18-4-2-3-13-6-9-17(21(20(13)18)23(28)30)27-14-7-8-15(24)16(25)11-14/h2-4,6-9,11,19,27H,1,5,10H2,(H,26,29). The molecule has 1 fully saturated rings. The van der Waals surface area contributed by atoms with Gasteiger partial charge in [-0.05, 0) is 48.6 Å². The number of halogens is 2. The van der Waals surface area contributed by atoms with Crippen LogP contribution in [-0.2, 0) is 4.79 Å². The summed E-state index contributed by atoms with van der Waals surface area (Å²) in [5, 5.41) is 7.58. The first-order valence-corrected chi connectivity index (χ1v) is 9.92. The van der Waals surface area contributed by atoms with Crippen LogP contribution in [0.15, 0.2) is 60.8 Å². The molecule has 2 aliphatic rings. The van der Waals surface area contributed by atoms with Gasteiger partial charge in [-0.3, -0.25) is 14.5 Å². The summed E-state index contributed by atoms with van der Waals surface area (Å²) < 4.78 is 13.9. The van der Waals surface area contributed by atoms with E-state index in [0.29, 0.717) is 41.2 Å². The van der Waals surface area contributed by atoms with E-state index in [1.807, 2.05) is 24.3 Å². The highest BCUT2D eigenvalue weighted by atomic mass is 35.5. The molecule has 0 saturated carbocycles. The maximum absolute atomic E-state index is 13.9. The van der Waals surface area contributed by atoms with E-state index >= 15 is 0 Å². The van der Waals surface area contributed by atoms with Crippen molar-refractivity contribution in [3.05, 3.63) is 77.2 Å². The Balaban J connectivity index is 1.61. The fraction of sp³-hybridized carbons (Fsp3) is 0.130. The highest BCUT2D eigenvalue weighted by Gasteiger charge is 2.40. The first kappa shape index (κ1) is 18.6. The van der Waals surface area contributed by atoms with E-state index in [2.05, 4.69) is 17.2 Å². The fourth-order valence-corrected chi connectivity index (χ4v) is 4.28. The van der Waals surface area contributed by atoms with Gasteiger partial charge in [0.25, 0.3) is 5.91 Å². The van der Waals surface area contributed by atoms with Crippen LogP contribution in [-0.4, -0.2) is 17.9 Å². The normalized spacial score (nSPS) is 18.1. The number of anilines is 3. The molecule has 0 bridgehead atoms. The van der Waals surface area contributed by atoms with Crippen LogP contribution >= 0.6 is 11.6 Å². The van der Waals surface area contributed by atoms with Crippen molar-refractivity contribution in [2.75, 3.05) is 10.2 Å². The summed E-state index contributed by atoms with van der Waals surface area (Å²) in [5.41, 5.74) is 2.85. The number of allylic oxidation sites excluding steroid dienone is 1. The summed E-state index contributed by atoms with van der Waals surface area (Å²) in [6, 6.07) is 13.1. The van der Waals surface area contributed by atoms with Crippen molar-refractivity contribution < 1.29 is 14.0 Å². The number of carbonyl (C=O) groups excluding carboxylic acids is 2. The van der Waals surface area contributed by atoms with Crippen molar-refractivity contribution in [1.29, 1.82) is 0 Å². The van der Waals surface area contributed by atoms with Gasteiger partial charge in [-0.15, -0.1) is 0 Å². The molecular formula is C23H17ClFN3O2. The molecule has 2 amide bonds. The fourth-order valence-electron chi connectivity index (χ4n) is 4.16. The van der Waals surface area contributed by atoms with Crippen molar-refractivity contribution in [3.63, 3.8) is 0 Å². The minimum absolute atomic E-state index is 0.0260. The minimum Gasteiger partial charge on any atom is -0.355 e. The monoisotopic (exact) mass is 421 g/mol. The van der Waals surface area contributed by atoms with Gasteiger partial charge in [-0.25, -0.2) is 4.39 Å².